The first-order valence-corrected chi connectivity index (χ1v) is 8.58. The van der Waals surface area contributed by atoms with Gasteiger partial charge < -0.3 is 9.72 Å². The van der Waals surface area contributed by atoms with Crippen LogP contribution in [0, 0.1) is 0 Å². The summed E-state index contributed by atoms with van der Waals surface area (Å²) in [4.78, 5) is 19.7. The van der Waals surface area contributed by atoms with Gasteiger partial charge in [-0.15, -0.1) is 0 Å². The SMILES string of the molecule is O=c1[nH]c(SC[C@H]2CCCO2)nc2c1cnn2-c1ccccc1. The van der Waals surface area contributed by atoms with Crippen LogP contribution in [0.4, 0.5) is 0 Å². The molecule has 7 heteroatoms. The Morgan fingerprint density at radius 3 is 3.00 bits per heavy atom. The molecule has 23 heavy (non-hydrogen) atoms. The van der Waals surface area contributed by atoms with Crippen molar-refractivity contribution in [3.63, 3.8) is 0 Å². The number of nitrogens with zero attached hydrogens (tertiary/aromatic N) is 3. The van der Waals surface area contributed by atoms with Crippen molar-refractivity contribution in [3.8, 4) is 5.69 Å². The van der Waals surface area contributed by atoms with Crippen molar-refractivity contribution in [1.82, 2.24) is 19.7 Å². The van der Waals surface area contributed by atoms with Gasteiger partial charge in [-0.3, -0.25) is 4.79 Å². The van der Waals surface area contributed by atoms with Crippen LogP contribution in [0.3, 0.4) is 0 Å². The molecule has 1 fully saturated rings. The second-order valence-corrected chi connectivity index (χ2v) is 6.46. The van der Waals surface area contributed by atoms with E-state index in [1.807, 2.05) is 30.3 Å². The second kappa shape index (κ2) is 6.17. The van der Waals surface area contributed by atoms with Crippen LogP contribution < -0.4 is 5.56 Å². The Labute approximate surface area is 136 Å². The maximum atomic E-state index is 12.2. The summed E-state index contributed by atoms with van der Waals surface area (Å²) < 4.78 is 7.31. The number of aromatic nitrogens is 4. The molecule has 1 aromatic carbocycles. The van der Waals surface area contributed by atoms with Gasteiger partial charge in [0, 0.05) is 12.4 Å². The quantitative estimate of drug-likeness (QED) is 0.588. The molecule has 1 aliphatic rings. The molecule has 0 saturated carbocycles. The van der Waals surface area contributed by atoms with E-state index in [0.29, 0.717) is 16.2 Å². The number of ether oxygens (including phenoxy) is 1. The van der Waals surface area contributed by atoms with E-state index in [1.54, 1.807) is 10.9 Å². The summed E-state index contributed by atoms with van der Waals surface area (Å²) in [6.45, 7) is 0.828. The van der Waals surface area contributed by atoms with Gasteiger partial charge in [-0.05, 0) is 25.0 Å². The van der Waals surface area contributed by atoms with Crippen LogP contribution in [-0.2, 0) is 4.74 Å². The molecule has 118 valence electrons. The summed E-state index contributed by atoms with van der Waals surface area (Å²) in [5, 5.41) is 5.41. The molecule has 0 radical (unpaired) electrons. The molecule has 1 N–H and O–H groups in total. The number of aromatic amines is 1. The van der Waals surface area contributed by atoms with Gasteiger partial charge in [0.05, 0.1) is 18.0 Å². The molecule has 0 spiro atoms. The number of benzene rings is 1. The summed E-state index contributed by atoms with van der Waals surface area (Å²) in [6, 6.07) is 9.69. The zero-order valence-corrected chi connectivity index (χ0v) is 13.3. The first-order valence-electron chi connectivity index (χ1n) is 7.59. The monoisotopic (exact) mass is 328 g/mol. The second-order valence-electron chi connectivity index (χ2n) is 5.45. The van der Waals surface area contributed by atoms with Crippen molar-refractivity contribution in [2.45, 2.75) is 24.1 Å². The Bertz CT molecular complexity index is 869. The Morgan fingerprint density at radius 1 is 1.35 bits per heavy atom. The zero-order valence-electron chi connectivity index (χ0n) is 12.4. The minimum absolute atomic E-state index is 0.160. The molecule has 1 aliphatic heterocycles. The smallest absolute Gasteiger partial charge is 0.262 e. The van der Waals surface area contributed by atoms with E-state index in [9.17, 15) is 4.79 Å². The van der Waals surface area contributed by atoms with Gasteiger partial charge in [-0.2, -0.15) is 5.10 Å². The molecule has 0 amide bonds. The van der Waals surface area contributed by atoms with Crippen LogP contribution >= 0.6 is 11.8 Å². The van der Waals surface area contributed by atoms with E-state index in [2.05, 4.69) is 15.1 Å². The largest absolute Gasteiger partial charge is 0.377 e. The third kappa shape index (κ3) is 2.89. The number of rotatable bonds is 4. The highest BCUT2D eigenvalue weighted by Gasteiger charge is 2.17. The van der Waals surface area contributed by atoms with E-state index in [1.165, 1.54) is 11.8 Å². The molecule has 4 rings (SSSR count). The topological polar surface area (TPSA) is 72.8 Å². The van der Waals surface area contributed by atoms with Gasteiger partial charge in [-0.1, -0.05) is 30.0 Å². The van der Waals surface area contributed by atoms with Gasteiger partial charge in [0.2, 0.25) is 0 Å². The Hall–Kier alpha value is -2.12. The molecule has 3 aromatic rings. The first-order chi connectivity index (χ1) is 11.3. The highest BCUT2D eigenvalue weighted by atomic mass is 32.2. The van der Waals surface area contributed by atoms with Crippen molar-refractivity contribution in [2.75, 3.05) is 12.4 Å². The lowest BCUT2D eigenvalue weighted by Gasteiger charge is -2.08. The van der Waals surface area contributed by atoms with Crippen LogP contribution in [0.5, 0.6) is 0 Å². The van der Waals surface area contributed by atoms with E-state index < -0.39 is 0 Å². The molecular formula is C16H16N4O2S. The minimum atomic E-state index is -0.160. The van der Waals surface area contributed by atoms with Crippen LogP contribution in [0.1, 0.15) is 12.8 Å². The van der Waals surface area contributed by atoms with E-state index in [0.717, 1.165) is 30.9 Å². The number of para-hydroxylation sites is 1. The van der Waals surface area contributed by atoms with Gasteiger partial charge in [0.25, 0.3) is 5.56 Å². The van der Waals surface area contributed by atoms with Crippen LogP contribution in [-0.4, -0.2) is 38.2 Å². The summed E-state index contributed by atoms with van der Waals surface area (Å²) in [6.07, 6.45) is 3.99. The van der Waals surface area contributed by atoms with Gasteiger partial charge in [0.15, 0.2) is 10.8 Å². The number of H-pyrrole nitrogens is 1. The van der Waals surface area contributed by atoms with E-state index in [-0.39, 0.29) is 11.7 Å². The third-order valence-electron chi connectivity index (χ3n) is 3.85. The average Bonchev–Trinajstić information content (AvgIpc) is 3.23. The number of thioether (sulfide) groups is 1. The first kappa shape index (κ1) is 14.5. The van der Waals surface area contributed by atoms with Crippen molar-refractivity contribution in [3.05, 3.63) is 46.9 Å². The fourth-order valence-electron chi connectivity index (χ4n) is 2.67. The lowest BCUT2D eigenvalue weighted by molar-refractivity contribution is 0.129. The summed E-state index contributed by atoms with van der Waals surface area (Å²) in [5.41, 5.74) is 1.30. The number of hydrogen-bond donors (Lipinski definition) is 1. The summed E-state index contributed by atoms with van der Waals surface area (Å²) >= 11 is 1.52. The maximum absolute atomic E-state index is 12.2. The molecule has 0 unspecified atom stereocenters. The lowest BCUT2D eigenvalue weighted by atomic mass is 10.3. The molecule has 0 bridgehead atoms. The fraction of sp³-hybridized carbons (Fsp3) is 0.312. The normalized spacial score (nSPS) is 17.8. The lowest BCUT2D eigenvalue weighted by Crippen LogP contribution is -2.12. The van der Waals surface area contributed by atoms with E-state index >= 15 is 0 Å². The summed E-state index contributed by atoms with van der Waals surface area (Å²) in [7, 11) is 0. The van der Waals surface area contributed by atoms with Crippen molar-refractivity contribution in [1.29, 1.82) is 0 Å². The highest BCUT2D eigenvalue weighted by molar-refractivity contribution is 7.99. The average molecular weight is 328 g/mol. The number of hydrogen-bond acceptors (Lipinski definition) is 5. The van der Waals surface area contributed by atoms with Crippen LogP contribution in [0.2, 0.25) is 0 Å². The Balaban J connectivity index is 1.69. The third-order valence-corrected chi connectivity index (χ3v) is 4.85. The van der Waals surface area contributed by atoms with Crippen LogP contribution in [0.25, 0.3) is 16.7 Å². The maximum Gasteiger partial charge on any atom is 0.262 e. The molecule has 2 aromatic heterocycles. The minimum Gasteiger partial charge on any atom is -0.377 e. The molecule has 1 saturated heterocycles. The van der Waals surface area contributed by atoms with Gasteiger partial charge >= 0.3 is 0 Å². The standard InChI is InChI=1S/C16H16N4O2S/c21-15-13-9-17-20(11-5-2-1-3-6-11)14(13)18-16(19-15)23-10-12-7-4-8-22-12/h1-3,5-6,9,12H,4,7-8,10H2,(H,18,19,21)/t12-/m1/s1. The molecule has 6 nitrogen and oxygen atoms in total. The molecule has 0 aliphatic carbocycles. The number of fused-ring (bicyclic) bond motifs is 1. The number of nitrogens with one attached hydrogen (secondary N) is 1. The van der Waals surface area contributed by atoms with Crippen molar-refractivity contribution in [2.24, 2.45) is 0 Å². The van der Waals surface area contributed by atoms with Gasteiger partial charge in [-0.25, -0.2) is 9.67 Å². The zero-order chi connectivity index (χ0) is 15.6. The Morgan fingerprint density at radius 2 is 2.22 bits per heavy atom. The van der Waals surface area contributed by atoms with Gasteiger partial charge in [0.1, 0.15) is 5.39 Å². The fourth-order valence-corrected chi connectivity index (χ4v) is 3.60. The van der Waals surface area contributed by atoms with Crippen molar-refractivity contribution < 1.29 is 4.74 Å². The highest BCUT2D eigenvalue weighted by Crippen LogP contribution is 2.22. The predicted molar refractivity (Wildman–Crippen MR) is 89.2 cm³/mol. The molecule has 3 heterocycles. The Kier molecular flexibility index (Phi) is 3.88. The van der Waals surface area contributed by atoms with Crippen molar-refractivity contribution >= 4 is 22.8 Å². The summed E-state index contributed by atoms with van der Waals surface area (Å²) in [5.74, 6) is 0.800. The molecule has 1 atom stereocenters. The van der Waals surface area contributed by atoms with Crippen LogP contribution in [0.15, 0.2) is 46.5 Å². The predicted octanol–water partition coefficient (Wildman–Crippen LogP) is 2.38. The van der Waals surface area contributed by atoms with E-state index in [4.69, 9.17) is 4.74 Å². The molecular weight excluding hydrogens is 312 g/mol.